The minimum atomic E-state index is -0.566. The minimum absolute atomic E-state index is 0.0108. The fourth-order valence-electron chi connectivity index (χ4n) is 3.32. The zero-order chi connectivity index (χ0) is 17.9. The average molecular weight is 341 g/mol. The molecule has 1 aliphatic carbocycles. The van der Waals surface area contributed by atoms with Crippen molar-refractivity contribution < 1.29 is 9.53 Å². The van der Waals surface area contributed by atoms with E-state index in [4.69, 9.17) is 10.00 Å². The van der Waals surface area contributed by atoms with Crippen LogP contribution in [0.25, 0.3) is 11.1 Å². The molecule has 0 atom stereocenters. The summed E-state index contributed by atoms with van der Waals surface area (Å²) in [6.07, 6.45) is 2.34. The van der Waals surface area contributed by atoms with Crippen molar-refractivity contribution in [2.75, 3.05) is 11.9 Å². The fourth-order valence-corrected chi connectivity index (χ4v) is 3.32. The third-order valence-electron chi connectivity index (χ3n) is 4.46. The first-order chi connectivity index (χ1) is 12.8. The van der Waals surface area contributed by atoms with Gasteiger partial charge in [0.15, 0.2) is 0 Å². The first-order valence-electron chi connectivity index (χ1n) is 8.23. The summed E-state index contributed by atoms with van der Waals surface area (Å²) in [5.41, 5.74) is 5.50. The molecule has 0 fully saturated rings. The molecular formula is C21H15N3O2. The third-order valence-corrected chi connectivity index (χ3v) is 4.46. The van der Waals surface area contributed by atoms with Crippen LogP contribution in [0.4, 0.5) is 10.5 Å². The topological polar surface area (TPSA) is 75.0 Å². The molecule has 0 spiro atoms. The van der Waals surface area contributed by atoms with E-state index >= 15 is 0 Å². The maximum atomic E-state index is 12.1. The molecule has 126 valence electrons. The van der Waals surface area contributed by atoms with E-state index < -0.39 is 6.09 Å². The Balaban J connectivity index is 1.49. The number of carbonyl (C=O) groups excluding carboxylic acids is 1. The van der Waals surface area contributed by atoms with Gasteiger partial charge < -0.3 is 4.74 Å². The number of fused-ring (bicyclic) bond motifs is 3. The predicted octanol–water partition coefficient (Wildman–Crippen LogP) is 4.31. The summed E-state index contributed by atoms with van der Waals surface area (Å²) < 4.78 is 5.46. The van der Waals surface area contributed by atoms with Crippen molar-refractivity contribution in [3.8, 4) is 17.2 Å². The lowest BCUT2D eigenvalue weighted by molar-refractivity contribution is 0.158. The monoisotopic (exact) mass is 341 g/mol. The number of nitrogens with one attached hydrogen (secondary N) is 1. The van der Waals surface area contributed by atoms with Crippen LogP contribution in [-0.2, 0) is 4.74 Å². The third kappa shape index (κ3) is 2.89. The lowest BCUT2D eigenvalue weighted by atomic mass is 9.98. The Kier molecular flexibility index (Phi) is 4.08. The smallest absolute Gasteiger partial charge is 0.411 e. The van der Waals surface area contributed by atoms with E-state index in [0.717, 1.165) is 11.1 Å². The van der Waals surface area contributed by atoms with Crippen LogP contribution < -0.4 is 5.32 Å². The van der Waals surface area contributed by atoms with E-state index in [1.165, 1.54) is 23.5 Å². The second-order valence-electron chi connectivity index (χ2n) is 6.02. The lowest BCUT2D eigenvalue weighted by Crippen LogP contribution is -2.18. The largest absolute Gasteiger partial charge is 0.448 e. The first-order valence-corrected chi connectivity index (χ1v) is 8.23. The summed E-state index contributed by atoms with van der Waals surface area (Å²) in [6.45, 7) is 0.241. The molecular weight excluding hydrogens is 326 g/mol. The number of pyridine rings is 1. The summed E-state index contributed by atoms with van der Waals surface area (Å²) in [5, 5.41) is 11.5. The van der Waals surface area contributed by atoms with Crippen molar-refractivity contribution in [3.05, 3.63) is 83.7 Å². The molecule has 0 bridgehead atoms. The van der Waals surface area contributed by atoms with Crippen molar-refractivity contribution in [2.45, 2.75) is 5.92 Å². The number of amides is 1. The second kappa shape index (κ2) is 6.69. The quantitative estimate of drug-likeness (QED) is 0.770. The number of carbonyl (C=O) groups is 1. The van der Waals surface area contributed by atoms with Gasteiger partial charge in [0.1, 0.15) is 12.7 Å². The molecule has 0 saturated heterocycles. The number of aromatic nitrogens is 1. The highest BCUT2D eigenvalue weighted by Crippen LogP contribution is 2.44. The van der Waals surface area contributed by atoms with Gasteiger partial charge in [-0.3, -0.25) is 10.3 Å². The maximum Gasteiger partial charge on any atom is 0.411 e. The molecule has 4 rings (SSSR count). The van der Waals surface area contributed by atoms with Gasteiger partial charge >= 0.3 is 6.09 Å². The number of benzene rings is 2. The highest BCUT2D eigenvalue weighted by molar-refractivity contribution is 5.85. The van der Waals surface area contributed by atoms with Gasteiger partial charge in [-0.1, -0.05) is 48.5 Å². The Morgan fingerprint density at radius 3 is 2.38 bits per heavy atom. The van der Waals surface area contributed by atoms with Gasteiger partial charge in [-0.15, -0.1) is 0 Å². The van der Waals surface area contributed by atoms with Crippen molar-refractivity contribution in [1.29, 1.82) is 5.26 Å². The van der Waals surface area contributed by atoms with Crippen molar-refractivity contribution >= 4 is 11.8 Å². The first kappa shape index (κ1) is 15.9. The molecule has 1 heterocycles. The molecule has 0 saturated carbocycles. The molecule has 1 aliphatic rings. The molecule has 3 aromatic rings. The standard InChI is InChI=1S/C21H15N3O2/c22-10-14-9-15(12-23-11-14)24-21(25)26-13-20-18-7-3-1-5-16(18)17-6-2-4-8-19(17)20/h1-9,11-12,20H,13H2,(H,24,25). The molecule has 0 radical (unpaired) electrons. The normalized spacial score (nSPS) is 12.0. The van der Waals surface area contributed by atoms with Crippen molar-refractivity contribution in [3.63, 3.8) is 0 Å². The molecule has 5 heteroatoms. The van der Waals surface area contributed by atoms with E-state index in [1.54, 1.807) is 6.07 Å². The van der Waals surface area contributed by atoms with Crippen molar-refractivity contribution in [1.82, 2.24) is 4.98 Å². The van der Waals surface area contributed by atoms with Crippen molar-refractivity contribution in [2.24, 2.45) is 0 Å². The molecule has 26 heavy (non-hydrogen) atoms. The van der Waals surface area contributed by atoms with Gasteiger partial charge in [0.2, 0.25) is 0 Å². The number of hydrogen-bond donors (Lipinski definition) is 1. The molecule has 0 unspecified atom stereocenters. The highest BCUT2D eigenvalue weighted by Gasteiger charge is 2.28. The van der Waals surface area contributed by atoms with Gasteiger partial charge in [-0.05, 0) is 28.3 Å². The predicted molar refractivity (Wildman–Crippen MR) is 97.6 cm³/mol. The fraction of sp³-hybridized carbons (Fsp3) is 0.0952. The van der Waals surface area contributed by atoms with E-state index in [9.17, 15) is 4.79 Å². The summed E-state index contributed by atoms with van der Waals surface area (Å²) in [5.74, 6) is 0.0108. The molecule has 5 nitrogen and oxygen atoms in total. The zero-order valence-electron chi connectivity index (χ0n) is 13.8. The van der Waals surface area contributed by atoms with Crippen LogP contribution in [0.2, 0.25) is 0 Å². The Hall–Kier alpha value is -3.65. The number of ether oxygens (including phenoxy) is 1. The van der Waals surface area contributed by atoms with Crippen LogP contribution in [0.1, 0.15) is 22.6 Å². The summed E-state index contributed by atoms with van der Waals surface area (Å²) in [6, 6.07) is 19.9. The van der Waals surface area contributed by atoms with Crippen LogP contribution in [-0.4, -0.2) is 17.7 Å². The average Bonchev–Trinajstić information content (AvgIpc) is 3.00. The van der Waals surface area contributed by atoms with Crippen LogP contribution in [0, 0.1) is 11.3 Å². The Bertz CT molecular complexity index is 978. The number of rotatable bonds is 3. The zero-order valence-corrected chi connectivity index (χ0v) is 13.8. The Morgan fingerprint density at radius 1 is 1.08 bits per heavy atom. The number of nitriles is 1. The van der Waals surface area contributed by atoms with E-state index in [2.05, 4.69) is 34.6 Å². The van der Waals surface area contributed by atoms with E-state index in [0.29, 0.717) is 11.3 Å². The molecule has 1 aromatic heterocycles. The molecule has 2 aromatic carbocycles. The Labute approximate surface area is 150 Å². The molecule has 1 N–H and O–H groups in total. The molecule has 0 aliphatic heterocycles. The molecule has 1 amide bonds. The highest BCUT2D eigenvalue weighted by atomic mass is 16.5. The van der Waals surface area contributed by atoms with Crippen LogP contribution in [0.5, 0.6) is 0 Å². The van der Waals surface area contributed by atoms with Gasteiger partial charge in [0, 0.05) is 12.1 Å². The SMILES string of the molecule is N#Cc1cncc(NC(=O)OCC2c3ccccc3-c3ccccc32)c1. The van der Waals surface area contributed by atoms with Gasteiger partial charge in [-0.2, -0.15) is 5.26 Å². The van der Waals surface area contributed by atoms with Crippen LogP contribution in [0.3, 0.4) is 0 Å². The number of hydrogen-bond acceptors (Lipinski definition) is 4. The van der Waals surface area contributed by atoms with Crippen LogP contribution in [0.15, 0.2) is 67.0 Å². The van der Waals surface area contributed by atoms with Gasteiger partial charge in [-0.25, -0.2) is 4.79 Å². The summed E-state index contributed by atoms with van der Waals surface area (Å²) in [4.78, 5) is 16.1. The maximum absolute atomic E-state index is 12.1. The second-order valence-corrected chi connectivity index (χ2v) is 6.02. The van der Waals surface area contributed by atoms with Crippen LogP contribution >= 0.6 is 0 Å². The van der Waals surface area contributed by atoms with Gasteiger partial charge in [0.05, 0.1) is 17.4 Å². The summed E-state index contributed by atoms with van der Waals surface area (Å²) in [7, 11) is 0. The number of nitrogens with zero attached hydrogens (tertiary/aromatic N) is 2. The van der Waals surface area contributed by atoms with E-state index in [1.807, 2.05) is 30.3 Å². The summed E-state index contributed by atoms with van der Waals surface area (Å²) >= 11 is 0. The van der Waals surface area contributed by atoms with E-state index in [-0.39, 0.29) is 12.5 Å². The Morgan fingerprint density at radius 2 is 1.73 bits per heavy atom. The van der Waals surface area contributed by atoms with Gasteiger partial charge in [0.25, 0.3) is 0 Å². The minimum Gasteiger partial charge on any atom is -0.448 e. The lowest BCUT2D eigenvalue weighted by Gasteiger charge is -2.14. The number of anilines is 1.